The van der Waals surface area contributed by atoms with Gasteiger partial charge in [0.1, 0.15) is 5.75 Å². The van der Waals surface area contributed by atoms with Crippen LogP contribution in [-0.2, 0) is 13.0 Å². The molecule has 1 aromatic heterocycles. The first-order chi connectivity index (χ1) is 19.1. The van der Waals surface area contributed by atoms with Crippen LogP contribution in [0.4, 0.5) is 10.5 Å². The fourth-order valence-corrected chi connectivity index (χ4v) is 4.36. The third kappa shape index (κ3) is 7.45. The molecule has 0 bridgehead atoms. The molecule has 1 heterocycles. The molecule has 0 aliphatic rings. The van der Waals surface area contributed by atoms with Crippen molar-refractivity contribution in [1.82, 2.24) is 15.2 Å². The Kier molecular flexibility index (Phi) is 9.67. The van der Waals surface area contributed by atoms with Gasteiger partial charge in [-0.1, -0.05) is 48.5 Å². The van der Waals surface area contributed by atoms with E-state index in [4.69, 9.17) is 4.74 Å². The van der Waals surface area contributed by atoms with Crippen LogP contribution in [0, 0.1) is 0 Å². The van der Waals surface area contributed by atoms with Crippen molar-refractivity contribution in [3.8, 4) is 16.9 Å². The quantitative estimate of drug-likeness (QED) is 0.247. The molecule has 0 unspecified atom stereocenters. The molecule has 0 atom stereocenters. The van der Waals surface area contributed by atoms with Crippen LogP contribution in [0.1, 0.15) is 35.3 Å². The van der Waals surface area contributed by atoms with Crippen LogP contribution in [0.15, 0.2) is 97.3 Å². The van der Waals surface area contributed by atoms with Crippen LogP contribution in [0.2, 0.25) is 0 Å². The highest BCUT2D eigenvalue weighted by atomic mass is 16.5. The largest absolute Gasteiger partial charge is 0.493 e. The van der Waals surface area contributed by atoms with Crippen LogP contribution < -0.4 is 15.4 Å². The summed E-state index contributed by atoms with van der Waals surface area (Å²) in [5, 5.41) is 5.63. The minimum Gasteiger partial charge on any atom is -0.493 e. The number of aromatic nitrogens is 1. The van der Waals surface area contributed by atoms with Gasteiger partial charge in [-0.05, 0) is 72.5 Å². The third-order valence-corrected chi connectivity index (χ3v) is 6.44. The molecule has 0 aliphatic carbocycles. The summed E-state index contributed by atoms with van der Waals surface area (Å²) in [5.74, 6) is 0.756. The minimum atomic E-state index is -0.288. The molecular formula is C32H34N4O3. The maximum Gasteiger partial charge on any atom is 0.319 e. The number of urea groups is 1. The maximum absolute atomic E-state index is 13.2. The van der Waals surface area contributed by atoms with Gasteiger partial charge < -0.3 is 20.3 Å². The number of anilines is 1. The lowest BCUT2D eigenvalue weighted by molar-refractivity contribution is 0.0773. The van der Waals surface area contributed by atoms with Crippen molar-refractivity contribution in [2.24, 2.45) is 0 Å². The topological polar surface area (TPSA) is 83.6 Å². The average Bonchev–Trinajstić information content (AvgIpc) is 2.98. The number of ether oxygens (including phenoxy) is 1. The first-order valence-electron chi connectivity index (χ1n) is 13.2. The standard InChI is InChI=1S/C32H34N4O3/c1-3-36(4-2)31(37)30-14-8-7-13-29(30)28-12-6-5-11-25(28)19-21-39-27-17-15-26(16-18-27)35-32(38)34-23-24-10-9-20-33-22-24/h5-18,20,22H,3-4,19,21,23H2,1-2H3,(H2,34,35,38). The first kappa shape index (κ1) is 27.4. The monoisotopic (exact) mass is 522 g/mol. The summed E-state index contributed by atoms with van der Waals surface area (Å²) in [6.07, 6.45) is 4.10. The zero-order chi connectivity index (χ0) is 27.5. The van der Waals surface area contributed by atoms with Crippen LogP contribution in [0.25, 0.3) is 11.1 Å². The van der Waals surface area contributed by atoms with Crippen LogP contribution >= 0.6 is 0 Å². The van der Waals surface area contributed by atoms with Crippen molar-refractivity contribution in [2.75, 3.05) is 25.0 Å². The number of rotatable bonds is 11. The van der Waals surface area contributed by atoms with E-state index < -0.39 is 0 Å². The van der Waals surface area contributed by atoms with E-state index in [1.165, 1.54) is 0 Å². The number of benzene rings is 3. The lowest BCUT2D eigenvalue weighted by Crippen LogP contribution is -2.30. The van der Waals surface area contributed by atoms with Gasteiger partial charge in [0.05, 0.1) is 6.61 Å². The van der Waals surface area contributed by atoms with Gasteiger partial charge in [0.25, 0.3) is 5.91 Å². The van der Waals surface area contributed by atoms with Gasteiger partial charge in [-0.2, -0.15) is 0 Å². The fourth-order valence-electron chi connectivity index (χ4n) is 4.36. The summed E-state index contributed by atoms with van der Waals surface area (Å²) in [4.78, 5) is 31.2. The average molecular weight is 523 g/mol. The summed E-state index contributed by atoms with van der Waals surface area (Å²) >= 11 is 0. The molecule has 0 saturated carbocycles. The molecule has 0 fully saturated rings. The van der Waals surface area contributed by atoms with E-state index in [1.807, 2.05) is 91.5 Å². The van der Waals surface area contributed by atoms with Crippen molar-refractivity contribution < 1.29 is 14.3 Å². The molecule has 0 spiro atoms. The van der Waals surface area contributed by atoms with Gasteiger partial charge in [-0.25, -0.2) is 4.79 Å². The maximum atomic E-state index is 13.2. The molecule has 0 saturated heterocycles. The van der Waals surface area contributed by atoms with Gasteiger partial charge in [0.2, 0.25) is 0 Å². The summed E-state index contributed by atoms with van der Waals surface area (Å²) in [6.45, 7) is 6.21. The highest BCUT2D eigenvalue weighted by Gasteiger charge is 2.18. The Morgan fingerprint density at radius 1 is 0.846 bits per heavy atom. The molecule has 0 radical (unpaired) electrons. The summed E-state index contributed by atoms with van der Waals surface area (Å²) in [5.41, 5.74) is 5.39. The molecule has 3 amide bonds. The Morgan fingerprint density at radius 3 is 2.28 bits per heavy atom. The molecule has 4 aromatic rings. The zero-order valence-corrected chi connectivity index (χ0v) is 22.4. The lowest BCUT2D eigenvalue weighted by atomic mass is 9.93. The van der Waals surface area contributed by atoms with E-state index in [-0.39, 0.29) is 11.9 Å². The van der Waals surface area contributed by atoms with E-state index in [9.17, 15) is 9.59 Å². The molecule has 4 rings (SSSR count). The van der Waals surface area contributed by atoms with Gasteiger partial charge in [0.15, 0.2) is 0 Å². The Morgan fingerprint density at radius 2 is 1.56 bits per heavy atom. The molecule has 7 nitrogen and oxygen atoms in total. The second-order valence-corrected chi connectivity index (χ2v) is 8.97. The lowest BCUT2D eigenvalue weighted by Gasteiger charge is -2.21. The second kappa shape index (κ2) is 13.8. The molecule has 0 aliphatic heterocycles. The highest BCUT2D eigenvalue weighted by molar-refractivity contribution is 6.01. The Labute approximate surface area is 229 Å². The molecule has 200 valence electrons. The summed E-state index contributed by atoms with van der Waals surface area (Å²) < 4.78 is 6.01. The smallest absolute Gasteiger partial charge is 0.319 e. The van der Waals surface area contributed by atoms with Gasteiger partial charge >= 0.3 is 6.03 Å². The van der Waals surface area contributed by atoms with E-state index in [0.717, 1.165) is 22.3 Å². The van der Waals surface area contributed by atoms with E-state index in [2.05, 4.69) is 27.8 Å². The SMILES string of the molecule is CCN(CC)C(=O)c1ccccc1-c1ccccc1CCOc1ccc(NC(=O)NCc2cccnc2)cc1. The number of hydrogen-bond donors (Lipinski definition) is 2. The molecule has 39 heavy (non-hydrogen) atoms. The Balaban J connectivity index is 1.35. The van der Waals surface area contributed by atoms with E-state index in [0.29, 0.717) is 49.7 Å². The third-order valence-electron chi connectivity index (χ3n) is 6.44. The Hall–Kier alpha value is -4.65. The van der Waals surface area contributed by atoms with Gasteiger partial charge in [-0.15, -0.1) is 0 Å². The predicted octanol–water partition coefficient (Wildman–Crippen LogP) is 6.17. The number of hydrogen-bond acceptors (Lipinski definition) is 4. The zero-order valence-electron chi connectivity index (χ0n) is 22.4. The molecule has 2 N–H and O–H groups in total. The first-order valence-corrected chi connectivity index (χ1v) is 13.2. The molecule has 3 aromatic carbocycles. The minimum absolute atomic E-state index is 0.0427. The molecule has 7 heteroatoms. The highest BCUT2D eigenvalue weighted by Crippen LogP contribution is 2.29. The van der Waals surface area contributed by atoms with Gasteiger partial charge in [-0.3, -0.25) is 9.78 Å². The number of carbonyl (C=O) groups excluding carboxylic acids is 2. The van der Waals surface area contributed by atoms with E-state index in [1.54, 1.807) is 12.4 Å². The van der Waals surface area contributed by atoms with Crippen molar-refractivity contribution >= 4 is 17.6 Å². The Bertz CT molecular complexity index is 1370. The number of nitrogens with zero attached hydrogens (tertiary/aromatic N) is 2. The second-order valence-electron chi connectivity index (χ2n) is 8.97. The number of amides is 3. The number of nitrogens with one attached hydrogen (secondary N) is 2. The van der Waals surface area contributed by atoms with Crippen LogP contribution in [0.5, 0.6) is 5.75 Å². The van der Waals surface area contributed by atoms with Gasteiger partial charge in [0, 0.05) is 49.7 Å². The fraction of sp³-hybridized carbons (Fsp3) is 0.219. The summed E-state index contributed by atoms with van der Waals surface area (Å²) in [6, 6.07) is 26.7. The van der Waals surface area contributed by atoms with Crippen molar-refractivity contribution in [1.29, 1.82) is 0 Å². The normalized spacial score (nSPS) is 10.5. The van der Waals surface area contributed by atoms with Crippen LogP contribution in [-0.4, -0.2) is 41.5 Å². The number of carbonyl (C=O) groups is 2. The molecular weight excluding hydrogens is 488 g/mol. The summed E-state index contributed by atoms with van der Waals surface area (Å²) in [7, 11) is 0. The van der Waals surface area contributed by atoms with Crippen molar-refractivity contribution in [3.05, 3.63) is 114 Å². The predicted molar refractivity (Wildman–Crippen MR) is 155 cm³/mol. The van der Waals surface area contributed by atoms with E-state index >= 15 is 0 Å². The number of pyridine rings is 1. The van der Waals surface area contributed by atoms with Crippen molar-refractivity contribution in [2.45, 2.75) is 26.8 Å². The van der Waals surface area contributed by atoms with Crippen molar-refractivity contribution in [3.63, 3.8) is 0 Å². The van der Waals surface area contributed by atoms with Crippen LogP contribution in [0.3, 0.4) is 0 Å².